The number of aromatic amines is 1. The summed E-state index contributed by atoms with van der Waals surface area (Å²) in [6.45, 7) is 0.183. The largest absolute Gasteiger partial charge is 0.497 e. The number of oxazole rings is 1. The summed E-state index contributed by atoms with van der Waals surface area (Å²) >= 11 is 0. The molecular weight excluding hydrogens is 384 g/mol. The molecule has 0 saturated heterocycles. The van der Waals surface area contributed by atoms with Crippen LogP contribution in [0.25, 0.3) is 23.1 Å². The number of rotatable bonds is 7. The second kappa shape index (κ2) is 8.52. The maximum absolute atomic E-state index is 12.7. The highest BCUT2D eigenvalue weighted by atomic mass is 16.5. The first kappa shape index (κ1) is 19.3. The lowest BCUT2D eigenvalue weighted by atomic mass is 10.1. The van der Waals surface area contributed by atoms with Crippen LogP contribution in [-0.4, -0.2) is 35.3 Å². The Morgan fingerprint density at radius 3 is 2.67 bits per heavy atom. The SMILES string of the molecule is COc1ccc(C=Cc2n[nH]c3ccc(C(=O)NCc4ncco4)c(OC)c23)cc1. The van der Waals surface area contributed by atoms with E-state index in [2.05, 4.69) is 20.5 Å². The molecule has 2 N–H and O–H groups in total. The molecule has 0 aliphatic rings. The van der Waals surface area contributed by atoms with E-state index in [1.165, 1.54) is 19.6 Å². The lowest BCUT2D eigenvalue weighted by Crippen LogP contribution is -2.23. The van der Waals surface area contributed by atoms with Crippen LogP contribution < -0.4 is 14.8 Å². The molecule has 0 unspecified atom stereocenters. The van der Waals surface area contributed by atoms with Crippen molar-refractivity contribution < 1.29 is 18.7 Å². The standard InChI is InChI=1S/C22H20N4O4/c1-28-15-6-3-14(4-7-15)5-9-17-20-18(26-25-17)10-8-16(21(20)29-2)22(27)24-13-19-23-11-12-30-19/h3-12H,13H2,1-2H3,(H,24,27)(H,25,26). The summed E-state index contributed by atoms with van der Waals surface area (Å²) < 4.78 is 15.9. The first-order valence-electron chi connectivity index (χ1n) is 9.23. The van der Waals surface area contributed by atoms with Gasteiger partial charge in [-0.1, -0.05) is 18.2 Å². The number of nitrogens with zero attached hydrogens (tertiary/aromatic N) is 2. The van der Waals surface area contributed by atoms with Gasteiger partial charge in [0.2, 0.25) is 5.89 Å². The fraction of sp³-hybridized carbons (Fsp3) is 0.136. The van der Waals surface area contributed by atoms with Gasteiger partial charge < -0.3 is 19.2 Å². The second-order valence-electron chi connectivity index (χ2n) is 6.39. The van der Waals surface area contributed by atoms with E-state index in [1.807, 2.05) is 36.4 Å². The van der Waals surface area contributed by atoms with Gasteiger partial charge in [-0.3, -0.25) is 9.89 Å². The van der Waals surface area contributed by atoms with E-state index in [4.69, 9.17) is 13.9 Å². The van der Waals surface area contributed by atoms with Gasteiger partial charge in [0.25, 0.3) is 5.91 Å². The van der Waals surface area contributed by atoms with Crippen molar-refractivity contribution in [2.24, 2.45) is 0 Å². The predicted octanol–water partition coefficient (Wildman–Crippen LogP) is 3.67. The van der Waals surface area contributed by atoms with E-state index in [0.717, 1.165) is 22.2 Å². The highest BCUT2D eigenvalue weighted by molar-refractivity contribution is 6.05. The summed E-state index contributed by atoms with van der Waals surface area (Å²) in [5, 5.41) is 10.9. The molecular formula is C22H20N4O4. The Hall–Kier alpha value is -4.07. The van der Waals surface area contributed by atoms with Crippen LogP contribution in [0.5, 0.6) is 11.5 Å². The van der Waals surface area contributed by atoms with Crippen LogP contribution in [-0.2, 0) is 6.54 Å². The summed E-state index contributed by atoms with van der Waals surface area (Å²) in [5.41, 5.74) is 2.83. The van der Waals surface area contributed by atoms with Gasteiger partial charge in [0.05, 0.1) is 49.1 Å². The van der Waals surface area contributed by atoms with Crippen molar-refractivity contribution in [1.82, 2.24) is 20.5 Å². The third kappa shape index (κ3) is 3.88. The molecule has 2 heterocycles. The minimum Gasteiger partial charge on any atom is -0.497 e. The van der Waals surface area contributed by atoms with Gasteiger partial charge in [-0.05, 0) is 35.9 Å². The molecule has 0 bridgehead atoms. The molecule has 0 spiro atoms. The molecule has 0 saturated carbocycles. The summed E-state index contributed by atoms with van der Waals surface area (Å²) in [7, 11) is 3.16. The third-order valence-electron chi connectivity index (χ3n) is 4.59. The van der Waals surface area contributed by atoms with Gasteiger partial charge >= 0.3 is 0 Å². The van der Waals surface area contributed by atoms with Gasteiger partial charge in [-0.15, -0.1) is 0 Å². The first-order chi connectivity index (χ1) is 14.7. The van der Waals surface area contributed by atoms with Crippen molar-refractivity contribution >= 4 is 29.0 Å². The normalized spacial score (nSPS) is 11.1. The molecule has 30 heavy (non-hydrogen) atoms. The number of hydrogen-bond acceptors (Lipinski definition) is 6. The Morgan fingerprint density at radius 2 is 1.97 bits per heavy atom. The third-order valence-corrected chi connectivity index (χ3v) is 4.59. The molecule has 2 aromatic heterocycles. The van der Waals surface area contributed by atoms with Crippen LogP contribution in [0.15, 0.2) is 53.3 Å². The molecule has 4 aromatic rings. The van der Waals surface area contributed by atoms with Gasteiger partial charge in [0.15, 0.2) is 0 Å². The van der Waals surface area contributed by atoms with Gasteiger partial charge in [0.1, 0.15) is 17.8 Å². The summed E-state index contributed by atoms with van der Waals surface area (Å²) in [6, 6.07) is 11.2. The number of aromatic nitrogens is 3. The summed E-state index contributed by atoms with van der Waals surface area (Å²) in [6.07, 6.45) is 6.80. The zero-order chi connectivity index (χ0) is 20.9. The quantitative estimate of drug-likeness (QED) is 0.487. The van der Waals surface area contributed by atoms with Crippen molar-refractivity contribution in [3.8, 4) is 11.5 Å². The van der Waals surface area contributed by atoms with Crippen molar-refractivity contribution in [3.05, 3.63) is 71.6 Å². The molecule has 0 fully saturated rings. The first-order valence-corrected chi connectivity index (χ1v) is 9.23. The number of nitrogens with one attached hydrogen (secondary N) is 2. The number of carbonyl (C=O) groups is 1. The molecule has 8 heteroatoms. The predicted molar refractivity (Wildman–Crippen MR) is 112 cm³/mol. The average molecular weight is 404 g/mol. The molecule has 1 amide bonds. The van der Waals surface area contributed by atoms with Gasteiger partial charge in [0, 0.05) is 0 Å². The van der Waals surface area contributed by atoms with Crippen LogP contribution in [0, 0.1) is 0 Å². The lowest BCUT2D eigenvalue weighted by Gasteiger charge is -2.10. The smallest absolute Gasteiger partial charge is 0.255 e. The van der Waals surface area contributed by atoms with Crippen molar-refractivity contribution in [1.29, 1.82) is 0 Å². The zero-order valence-corrected chi connectivity index (χ0v) is 16.5. The summed E-state index contributed by atoms with van der Waals surface area (Å²) in [5.74, 6) is 1.37. The highest BCUT2D eigenvalue weighted by Gasteiger charge is 2.19. The van der Waals surface area contributed by atoms with E-state index in [0.29, 0.717) is 22.9 Å². The Balaban J connectivity index is 1.63. The Bertz CT molecular complexity index is 1180. The summed E-state index contributed by atoms with van der Waals surface area (Å²) in [4.78, 5) is 16.7. The number of ether oxygens (including phenoxy) is 2. The molecule has 0 atom stereocenters. The van der Waals surface area contributed by atoms with Crippen LogP contribution in [0.2, 0.25) is 0 Å². The van der Waals surface area contributed by atoms with E-state index in [-0.39, 0.29) is 12.5 Å². The number of benzene rings is 2. The number of fused-ring (bicyclic) bond motifs is 1. The minimum absolute atomic E-state index is 0.183. The highest BCUT2D eigenvalue weighted by Crippen LogP contribution is 2.32. The topological polar surface area (TPSA) is 102 Å². The molecule has 0 aliphatic heterocycles. The Labute approximate surface area is 172 Å². The van der Waals surface area contributed by atoms with Crippen molar-refractivity contribution in [2.75, 3.05) is 14.2 Å². The van der Waals surface area contributed by atoms with Gasteiger partial charge in [-0.2, -0.15) is 5.10 Å². The molecule has 4 rings (SSSR count). The number of H-pyrrole nitrogens is 1. The van der Waals surface area contributed by atoms with Crippen LogP contribution in [0.1, 0.15) is 27.5 Å². The van der Waals surface area contributed by atoms with Crippen molar-refractivity contribution in [2.45, 2.75) is 6.54 Å². The van der Waals surface area contributed by atoms with Crippen LogP contribution in [0.3, 0.4) is 0 Å². The molecule has 152 valence electrons. The lowest BCUT2D eigenvalue weighted by molar-refractivity contribution is 0.0944. The Kier molecular flexibility index (Phi) is 5.47. The monoisotopic (exact) mass is 404 g/mol. The van der Waals surface area contributed by atoms with Gasteiger partial charge in [-0.25, -0.2) is 4.98 Å². The molecule has 0 radical (unpaired) electrons. The van der Waals surface area contributed by atoms with Crippen LogP contribution in [0.4, 0.5) is 0 Å². The number of carbonyl (C=O) groups excluding carboxylic acids is 1. The maximum Gasteiger partial charge on any atom is 0.255 e. The maximum atomic E-state index is 12.7. The second-order valence-corrected chi connectivity index (χ2v) is 6.39. The van der Waals surface area contributed by atoms with E-state index in [1.54, 1.807) is 19.2 Å². The zero-order valence-electron chi connectivity index (χ0n) is 16.5. The molecule has 8 nitrogen and oxygen atoms in total. The van der Waals surface area contributed by atoms with E-state index >= 15 is 0 Å². The minimum atomic E-state index is -0.293. The van der Waals surface area contributed by atoms with Crippen molar-refractivity contribution in [3.63, 3.8) is 0 Å². The number of hydrogen-bond donors (Lipinski definition) is 2. The Morgan fingerprint density at radius 1 is 1.13 bits per heavy atom. The number of amides is 1. The molecule has 2 aromatic carbocycles. The fourth-order valence-corrected chi connectivity index (χ4v) is 3.10. The van der Waals surface area contributed by atoms with E-state index < -0.39 is 0 Å². The van der Waals surface area contributed by atoms with E-state index in [9.17, 15) is 4.79 Å². The number of methoxy groups -OCH3 is 2. The average Bonchev–Trinajstić information content (AvgIpc) is 3.45. The fourth-order valence-electron chi connectivity index (χ4n) is 3.10. The molecule has 0 aliphatic carbocycles. The van der Waals surface area contributed by atoms with Crippen LogP contribution >= 0.6 is 0 Å².